The molecule has 0 spiro atoms. The number of para-hydroxylation sites is 1. The molecule has 7 nitrogen and oxygen atoms in total. The maximum atomic E-state index is 11.8. The Bertz CT molecular complexity index is 789. The van der Waals surface area contributed by atoms with Crippen molar-refractivity contribution in [1.82, 2.24) is 10.9 Å². The summed E-state index contributed by atoms with van der Waals surface area (Å²) >= 11 is 0. The van der Waals surface area contributed by atoms with Gasteiger partial charge in [0.05, 0.1) is 0 Å². The molecule has 2 rings (SSSR count). The van der Waals surface area contributed by atoms with Gasteiger partial charge in [-0.05, 0) is 35.7 Å². The van der Waals surface area contributed by atoms with Crippen LogP contribution in [0, 0.1) is 0 Å². The first-order valence-corrected chi connectivity index (χ1v) is 9.09. The van der Waals surface area contributed by atoms with Crippen LogP contribution in [0.5, 0.6) is 5.75 Å². The van der Waals surface area contributed by atoms with E-state index in [0.717, 1.165) is 0 Å². The van der Waals surface area contributed by atoms with E-state index in [1.165, 1.54) is 5.56 Å². The van der Waals surface area contributed by atoms with Gasteiger partial charge in [0.1, 0.15) is 5.75 Å². The molecule has 3 N–H and O–H groups in total. The van der Waals surface area contributed by atoms with Crippen LogP contribution in [0.15, 0.2) is 54.6 Å². The average molecular weight is 383 g/mol. The van der Waals surface area contributed by atoms with Crippen molar-refractivity contribution in [1.29, 1.82) is 0 Å². The molecule has 148 valence electrons. The molecule has 0 saturated carbocycles. The number of nitrogens with one attached hydrogen (secondary N) is 3. The number of hydrogen-bond acceptors (Lipinski definition) is 4. The minimum absolute atomic E-state index is 0.00922. The smallest absolute Gasteiger partial charge is 0.276 e. The molecule has 3 amide bonds. The van der Waals surface area contributed by atoms with Crippen molar-refractivity contribution in [2.24, 2.45) is 0 Å². The summed E-state index contributed by atoms with van der Waals surface area (Å²) in [7, 11) is 0. The molecule has 0 atom stereocenters. The normalized spacial score (nSPS) is 10.2. The van der Waals surface area contributed by atoms with E-state index in [4.69, 9.17) is 4.74 Å². The first kappa shape index (κ1) is 21.0. The number of anilines is 1. The van der Waals surface area contributed by atoms with E-state index in [1.54, 1.807) is 36.4 Å². The van der Waals surface area contributed by atoms with Gasteiger partial charge in [0, 0.05) is 18.5 Å². The molecule has 2 aromatic rings. The van der Waals surface area contributed by atoms with E-state index >= 15 is 0 Å². The third-order valence-corrected chi connectivity index (χ3v) is 3.89. The summed E-state index contributed by atoms with van der Waals surface area (Å²) in [6.45, 7) is 3.96. The molecule has 28 heavy (non-hydrogen) atoms. The number of hydrazine groups is 1. The van der Waals surface area contributed by atoms with Crippen LogP contribution in [0.3, 0.4) is 0 Å². The van der Waals surface area contributed by atoms with Crippen molar-refractivity contribution in [3.8, 4) is 5.75 Å². The standard InChI is InChI=1S/C21H25N3O4/c1-15(2)16-8-10-18(11-9-16)28-14-21(27)24-23-20(26)13-12-19(25)22-17-6-4-3-5-7-17/h3-11,15H,12-14H2,1-2H3,(H,22,25)(H,23,26)(H,24,27). The number of carbonyl (C=O) groups excluding carboxylic acids is 3. The monoisotopic (exact) mass is 383 g/mol. The Balaban J connectivity index is 1.62. The fourth-order valence-electron chi connectivity index (χ4n) is 2.31. The lowest BCUT2D eigenvalue weighted by atomic mass is 10.0. The Morgan fingerprint density at radius 3 is 2.07 bits per heavy atom. The van der Waals surface area contributed by atoms with Crippen LogP contribution in [0.4, 0.5) is 5.69 Å². The second kappa shape index (κ2) is 10.7. The largest absolute Gasteiger partial charge is 0.484 e. The maximum absolute atomic E-state index is 11.8. The fourth-order valence-corrected chi connectivity index (χ4v) is 2.31. The molecule has 0 heterocycles. The molecule has 0 unspecified atom stereocenters. The molecular formula is C21H25N3O4. The second-order valence-corrected chi connectivity index (χ2v) is 6.52. The lowest BCUT2D eigenvalue weighted by Gasteiger charge is -2.10. The zero-order valence-corrected chi connectivity index (χ0v) is 16.0. The Labute approximate surface area is 164 Å². The number of benzene rings is 2. The van der Waals surface area contributed by atoms with Crippen LogP contribution in [0.25, 0.3) is 0 Å². The van der Waals surface area contributed by atoms with Gasteiger partial charge in [-0.3, -0.25) is 25.2 Å². The molecule has 0 aliphatic rings. The van der Waals surface area contributed by atoms with Crippen LogP contribution in [-0.4, -0.2) is 24.3 Å². The SMILES string of the molecule is CC(C)c1ccc(OCC(=O)NNC(=O)CCC(=O)Nc2ccccc2)cc1. The number of amides is 3. The summed E-state index contributed by atoms with van der Waals surface area (Å²) in [6, 6.07) is 16.5. The Morgan fingerprint density at radius 1 is 0.821 bits per heavy atom. The molecular weight excluding hydrogens is 358 g/mol. The van der Waals surface area contributed by atoms with E-state index in [-0.39, 0.29) is 25.4 Å². The quantitative estimate of drug-likeness (QED) is 0.611. The van der Waals surface area contributed by atoms with E-state index in [9.17, 15) is 14.4 Å². The van der Waals surface area contributed by atoms with E-state index in [1.807, 2.05) is 18.2 Å². The first-order chi connectivity index (χ1) is 13.4. The van der Waals surface area contributed by atoms with Crippen molar-refractivity contribution in [3.63, 3.8) is 0 Å². The van der Waals surface area contributed by atoms with Gasteiger partial charge in [0.2, 0.25) is 11.8 Å². The Hall–Kier alpha value is -3.35. The predicted octanol–water partition coefficient (Wildman–Crippen LogP) is 2.76. The van der Waals surface area contributed by atoms with Gasteiger partial charge >= 0.3 is 0 Å². The number of ether oxygens (including phenoxy) is 1. The first-order valence-electron chi connectivity index (χ1n) is 9.09. The lowest BCUT2D eigenvalue weighted by molar-refractivity contribution is -0.130. The van der Waals surface area contributed by atoms with Gasteiger partial charge in [-0.25, -0.2) is 0 Å². The molecule has 0 aliphatic carbocycles. The highest BCUT2D eigenvalue weighted by Gasteiger charge is 2.09. The zero-order chi connectivity index (χ0) is 20.4. The molecule has 0 radical (unpaired) electrons. The molecule has 7 heteroatoms. The summed E-state index contributed by atoms with van der Waals surface area (Å²) in [6.07, 6.45) is -0.0359. The minimum atomic E-state index is -0.491. The third-order valence-electron chi connectivity index (χ3n) is 3.89. The molecule has 0 fully saturated rings. The van der Waals surface area contributed by atoms with Crippen LogP contribution in [-0.2, 0) is 14.4 Å². The molecule has 0 saturated heterocycles. The van der Waals surface area contributed by atoms with E-state index in [2.05, 4.69) is 30.0 Å². The number of hydrogen-bond donors (Lipinski definition) is 3. The van der Waals surface area contributed by atoms with E-state index < -0.39 is 11.8 Å². The van der Waals surface area contributed by atoms with Crippen molar-refractivity contribution in [2.45, 2.75) is 32.6 Å². The minimum Gasteiger partial charge on any atom is -0.484 e. The van der Waals surface area contributed by atoms with Crippen molar-refractivity contribution in [2.75, 3.05) is 11.9 Å². The van der Waals surface area contributed by atoms with Crippen LogP contribution in [0.2, 0.25) is 0 Å². The summed E-state index contributed by atoms with van der Waals surface area (Å²) < 4.78 is 5.37. The maximum Gasteiger partial charge on any atom is 0.276 e. The molecule has 0 aliphatic heterocycles. The second-order valence-electron chi connectivity index (χ2n) is 6.52. The number of carbonyl (C=O) groups is 3. The van der Waals surface area contributed by atoms with Gasteiger partial charge in [-0.15, -0.1) is 0 Å². The zero-order valence-electron chi connectivity index (χ0n) is 16.0. The fraction of sp³-hybridized carbons (Fsp3) is 0.286. The van der Waals surface area contributed by atoms with E-state index in [0.29, 0.717) is 17.4 Å². The predicted molar refractivity (Wildman–Crippen MR) is 107 cm³/mol. The summed E-state index contributed by atoms with van der Waals surface area (Å²) in [4.78, 5) is 35.3. The van der Waals surface area contributed by atoms with Gasteiger partial charge < -0.3 is 10.1 Å². The average Bonchev–Trinajstić information content (AvgIpc) is 2.70. The highest BCUT2D eigenvalue weighted by molar-refractivity contribution is 5.93. The Morgan fingerprint density at radius 2 is 1.43 bits per heavy atom. The van der Waals surface area contributed by atoms with Crippen molar-refractivity contribution >= 4 is 23.4 Å². The Kier molecular flexibility index (Phi) is 8.02. The van der Waals surface area contributed by atoms with Crippen molar-refractivity contribution in [3.05, 3.63) is 60.2 Å². The van der Waals surface area contributed by atoms with Crippen LogP contribution in [0.1, 0.15) is 38.2 Å². The third kappa shape index (κ3) is 7.49. The molecule has 0 bridgehead atoms. The van der Waals surface area contributed by atoms with Crippen molar-refractivity contribution < 1.29 is 19.1 Å². The van der Waals surface area contributed by atoms with Gasteiger partial charge in [-0.1, -0.05) is 44.2 Å². The van der Waals surface area contributed by atoms with Gasteiger partial charge in [-0.2, -0.15) is 0 Å². The highest BCUT2D eigenvalue weighted by atomic mass is 16.5. The lowest BCUT2D eigenvalue weighted by Crippen LogP contribution is -2.44. The topological polar surface area (TPSA) is 96.5 Å². The van der Waals surface area contributed by atoms with Crippen LogP contribution < -0.4 is 20.9 Å². The van der Waals surface area contributed by atoms with Gasteiger partial charge in [0.15, 0.2) is 6.61 Å². The number of rotatable bonds is 8. The molecule has 0 aromatic heterocycles. The summed E-state index contributed by atoms with van der Waals surface area (Å²) in [5.41, 5.74) is 6.37. The summed E-state index contributed by atoms with van der Waals surface area (Å²) in [5.74, 6) is -0.237. The molecule has 2 aromatic carbocycles. The highest BCUT2D eigenvalue weighted by Crippen LogP contribution is 2.18. The van der Waals surface area contributed by atoms with Crippen LogP contribution >= 0.6 is 0 Å². The van der Waals surface area contributed by atoms with Gasteiger partial charge in [0.25, 0.3) is 5.91 Å². The summed E-state index contributed by atoms with van der Waals surface area (Å²) in [5, 5.41) is 2.69.